The minimum absolute atomic E-state index is 0.0203. The molecule has 0 aliphatic heterocycles. The maximum atomic E-state index is 12.3. The van der Waals surface area contributed by atoms with Crippen LogP contribution < -0.4 is 15.4 Å². The summed E-state index contributed by atoms with van der Waals surface area (Å²) in [7, 11) is 0. The van der Waals surface area contributed by atoms with Crippen molar-refractivity contribution in [2.75, 3.05) is 11.9 Å². The number of nitrogens with one attached hydrogen (secondary N) is 2. The molecule has 2 rings (SSSR count). The van der Waals surface area contributed by atoms with Gasteiger partial charge in [-0.25, -0.2) is 4.79 Å². The van der Waals surface area contributed by atoms with Gasteiger partial charge < -0.3 is 15.2 Å². The van der Waals surface area contributed by atoms with Crippen LogP contribution in [0.5, 0.6) is 5.75 Å². The molecule has 0 bridgehead atoms. The predicted octanol–water partition coefficient (Wildman–Crippen LogP) is 4.34. The number of halogens is 1. The molecular weight excluding hydrogens is 388 g/mol. The number of hydrogen-bond donors (Lipinski definition) is 3. The molecule has 3 N–H and O–H groups in total. The van der Waals surface area contributed by atoms with Gasteiger partial charge in [0.2, 0.25) is 0 Å². The zero-order valence-electron chi connectivity index (χ0n) is 14.6. The first-order valence-corrected chi connectivity index (χ1v) is 9.07. The molecule has 0 spiro atoms. The summed E-state index contributed by atoms with van der Waals surface area (Å²) in [5, 5.41) is 14.7. The van der Waals surface area contributed by atoms with E-state index < -0.39 is 11.9 Å². The number of anilines is 1. The maximum absolute atomic E-state index is 12.3. The fraction of sp³-hybridized carbons (Fsp3) is 0.211. The molecule has 6 nitrogen and oxygen atoms in total. The van der Waals surface area contributed by atoms with Crippen molar-refractivity contribution in [3.63, 3.8) is 0 Å². The van der Waals surface area contributed by atoms with Gasteiger partial charge in [0.25, 0.3) is 5.91 Å². The monoisotopic (exact) mass is 406 g/mol. The number of thiocarbonyl (C=S) groups is 1. The van der Waals surface area contributed by atoms with E-state index in [-0.39, 0.29) is 21.4 Å². The molecule has 8 heteroatoms. The molecule has 1 amide bonds. The first-order valence-electron chi connectivity index (χ1n) is 8.28. The van der Waals surface area contributed by atoms with Crippen LogP contribution in [0.4, 0.5) is 5.69 Å². The molecule has 0 heterocycles. The van der Waals surface area contributed by atoms with E-state index in [1.54, 1.807) is 24.3 Å². The lowest BCUT2D eigenvalue weighted by atomic mass is 10.2. The molecule has 0 fully saturated rings. The standard InChI is InChI=1S/C19H19ClN2O4S/c1-2-3-10-26-14-7-4-12(5-8-14)17(23)22-19(27)21-16-9-6-13(20)11-15(16)18(24)25/h4-9,11H,2-3,10H2,1H3,(H,24,25)(H2,21,22,23,27). The van der Waals surface area contributed by atoms with E-state index >= 15 is 0 Å². The van der Waals surface area contributed by atoms with Crippen LogP contribution in [-0.4, -0.2) is 28.7 Å². The van der Waals surface area contributed by atoms with Crippen molar-refractivity contribution < 1.29 is 19.4 Å². The average molecular weight is 407 g/mol. The Bertz CT molecular complexity index is 840. The van der Waals surface area contributed by atoms with Crippen LogP contribution in [0.1, 0.15) is 40.5 Å². The summed E-state index contributed by atoms with van der Waals surface area (Å²) in [6, 6.07) is 11.0. The van der Waals surface area contributed by atoms with Crippen LogP contribution in [-0.2, 0) is 0 Å². The minimum atomic E-state index is -1.16. The van der Waals surface area contributed by atoms with Crippen LogP contribution in [0.25, 0.3) is 0 Å². The molecule has 2 aromatic carbocycles. The topological polar surface area (TPSA) is 87.7 Å². The van der Waals surface area contributed by atoms with E-state index in [0.717, 1.165) is 12.8 Å². The molecule has 27 heavy (non-hydrogen) atoms. The van der Waals surface area contributed by atoms with Gasteiger partial charge in [0.05, 0.1) is 17.9 Å². The van der Waals surface area contributed by atoms with Gasteiger partial charge in [0.1, 0.15) is 5.75 Å². The second-order valence-corrected chi connectivity index (χ2v) is 6.47. The van der Waals surface area contributed by atoms with E-state index in [9.17, 15) is 14.7 Å². The number of ether oxygens (including phenoxy) is 1. The van der Waals surface area contributed by atoms with Crippen molar-refractivity contribution in [3.8, 4) is 5.75 Å². The number of carbonyl (C=O) groups is 2. The predicted molar refractivity (Wildman–Crippen MR) is 109 cm³/mol. The number of carboxylic acids is 1. The second-order valence-electron chi connectivity index (χ2n) is 5.63. The molecule has 0 saturated heterocycles. The lowest BCUT2D eigenvalue weighted by Crippen LogP contribution is -2.34. The fourth-order valence-electron chi connectivity index (χ4n) is 2.17. The Kier molecular flexibility index (Phi) is 7.57. The highest BCUT2D eigenvalue weighted by Gasteiger charge is 2.13. The number of rotatable bonds is 7. The lowest BCUT2D eigenvalue weighted by Gasteiger charge is -2.12. The van der Waals surface area contributed by atoms with E-state index in [1.165, 1.54) is 18.2 Å². The van der Waals surface area contributed by atoms with Crippen molar-refractivity contribution in [2.24, 2.45) is 0 Å². The molecule has 0 aromatic heterocycles. The molecule has 142 valence electrons. The Labute approximate surface area is 167 Å². The number of aromatic carboxylic acids is 1. The quantitative estimate of drug-likeness (QED) is 0.468. The van der Waals surface area contributed by atoms with Crippen LogP contribution >= 0.6 is 23.8 Å². The van der Waals surface area contributed by atoms with E-state index in [0.29, 0.717) is 17.9 Å². The first kappa shape index (κ1) is 20.7. The van der Waals surface area contributed by atoms with E-state index in [1.807, 2.05) is 0 Å². The summed E-state index contributed by atoms with van der Waals surface area (Å²) in [5.41, 5.74) is 0.584. The Balaban J connectivity index is 1.98. The summed E-state index contributed by atoms with van der Waals surface area (Å²) in [4.78, 5) is 23.6. The molecule has 0 radical (unpaired) electrons. The summed E-state index contributed by atoms with van der Waals surface area (Å²) >= 11 is 10.9. The maximum Gasteiger partial charge on any atom is 0.337 e. The Morgan fingerprint density at radius 2 is 1.89 bits per heavy atom. The molecule has 0 aliphatic carbocycles. The van der Waals surface area contributed by atoms with Gasteiger partial charge in [-0.05, 0) is 61.1 Å². The lowest BCUT2D eigenvalue weighted by molar-refractivity contribution is 0.0697. The number of amides is 1. The highest BCUT2D eigenvalue weighted by Crippen LogP contribution is 2.21. The number of benzene rings is 2. The molecule has 0 atom stereocenters. The molecule has 2 aromatic rings. The van der Waals surface area contributed by atoms with Crippen LogP contribution in [0.3, 0.4) is 0 Å². The summed E-state index contributed by atoms with van der Waals surface area (Å²) in [6.07, 6.45) is 2.01. The summed E-state index contributed by atoms with van der Waals surface area (Å²) in [5.74, 6) is -0.890. The Morgan fingerprint density at radius 3 is 2.52 bits per heavy atom. The highest BCUT2D eigenvalue weighted by atomic mass is 35.5. The van der Waals surface area contributed by atoms with Gasteiger partial charge in [0.15, 0.2) is 5.11 Å². The molecule has 0 saturated carbocycles. The Morgan fingerprint density at radius 1 is 1.19 bits per heavy atom. The first-order chi connectivity index (χ1) is 12.9. The molecule has 0 aliphatic rings. The zero-order chi connectivity index (χ0) is 19.8. The number of hydrogen-bond acceptors (Lipinski definition) is 4. The zero-order valence-corrected chi connectivity index (χ0v) is 16.2. The molecule has 0 unspecified atom stereocenters. The van der Waals surface area contributed by atoms with Gasteiger partial charge in [-0.1, -0.05) is 24.9 Å². The van der Waals surface area contributed by atoms with Gasteiger partial charge in [-0.2, -0.15) is 0 Å². The summed E-state index contributed by atoms with van der Waals surface area (Å²) in [6.45, 7) is 2.71. The third kappa shape index (κ3) is 6.23. The van der Waals surface area contributed by atoms with Crippen molar-refractivity contribution in [2.45, 2.75) is 19.8 Å². The second kappa shape index (κ2) is 9.89. The van der Waals surface area contributed by atoms with E-state index in [2.05, 4.69) is 17.6 Å². The van der Waals surface area contributed by atoms with Crippen molar-refractivity contribution in [1.82, 2.24) is 5.32 Å². The fourth-order valence-corrected chi connectivity index (χ4v) is 2.54. The number of carbonyl (C=O) groups excluding carboxylic acids is 1. The van der Waals surface area contributed by atoms with Crippen molar-refractivity contribution >= 4 is 46.5 Å². The molecular formula is C19H19ClN2O4S. The number of unbranched alkanes of at least 4 members (excludes halogenated alkanes) is 1. The third-order valence-electron chi connectivity index (χ3n) is 3.57. The van der Waals surface area contributed by atoms with Crippen LogP contribution in [0, 0.1) is 0 Å². The highest BCUT2D eigenvalue weighted by molar-refractivity contribution is 7.80. The van der Waals surface area contributed by atoms with Gasteiger partial charge >= 0.3 is 5.97 Å². The number of carboxylic acid groups (broad SMARTS) is 1. The largest absolute Gasteiger partial charge is 0.494 e. The van der Waals surface area contributed by atoms with Gasteiger partial charge in [0, 0.05) is 10.6 Å². The van der Waals surface area contributed by atoms with Crippen molar-refractivity contribution in [1.29, 1.82) is 0 Å². The van der Waals surface area contributed by atoms with Gasteiger partial charge in [-0.15, -0.1) is 0 Å². The SMILES string of the molecule is CCCCOc1ccc(C(=O)NC(=S)Nc2ccc(Cl)cc2C(=O)O)cc1. The normalized spacial score (nSPS) is 10.1. The van der Waals surface area contributed by atoms with Crippen molar-refractivity contribution in [3.05, 3.63) is 58.6 Å². The van der Waals surface area contributed by atoms with E-state index in [4.69, 9.17) is 28.6 Å². The van der Waals surface area contributed by atoms with Crippen LogP contribution in [0.15, 0.2) is 42.5 Å². The van der Waals surface area contributed by atoms with Gasteiger partial charge in [-0.3, -0.25) is 10.1 Å². The van der Waals surface area contributed by atoms with Crippen LogP contribution in [0.2, 0.25) is 5.02 Å². The average Bonchev–Trinajstić information content (AvgIpc) is 2.63. The summed E-state index contributed by atoms with van der Waals surface area (Å²) < 4.78 is 5.55. The smallest absolute Gasteiger partial charge is 0.337 e. The third-order valence-corrected chi connectivity index (χ3v) is 4.01. The Hall–Kier alpha value is -2.64. The minimum Gasteiger partial charge on any atom is -0.494 e.